The van der Waals surface area contributed by atoms with Gasteiger partial charge in [0.1, 0.15) is 6.10 Å². The van der Waals surface area contributed by atoms with Crippen molar-refractivity contribution in [3.8, 4) is 0 Å². The third-order valence-electron chi connectivity index (χ3n) is 2.57. The second-order valence-electron chi connectivity index (χ2n) is 4.74. The fraction of sp³-hybridized carbons (Fsp3) is 0.727. The minimum atomic E-state index is -0.796. The van der Waals surface area contributed by atoms with Gasteiger partial charge in [-0.15, -0.1) is 0 Å². The first kappa shape index (κ1) is 14.8. The summed E-state index contributed by atoms with van der Waals surface area (Å²) in [6.45, 7) is 5.76. The standard InChI is InChI=1S/C11H19N3O3S/c1-7(17-4)9-12-10(18-14-9)13-11(2,3)6-5-8(15)16/h7H,5-6H2,1-4H3,(H,15,16)(H,12,13,14). The quantitative estimate of drug-likeness (QED) is 0.793. The lowest BCUT2D eigenvalue weighted by atomic mass is 9.99. The van der Waals surface area contributed by atoms with Crippen molar-refractivity contribution >= 4 is 22.6 Å². The van der Waals surface area contributed by atoms with E-state index in [0.717, 1.165) is 0 Å². The van der Waals surface area contributed by atoms with Gasteiger partial charge in [-0.05, 0) is 27.2 Å². The summed E-state index contributed by atoms with van der Waals surface area (Å²) >= 11 is 1.25. The average Bonchev–Trinajstić information content (AvgIpc) is 2.73. The largest absolute Gasteiger partial charge is 0.481 e. The number of nitrogens with zero attached hydrogens (tertiary/aromatic N) is 2. The van der Waals surface area contributed by atoms with Crippen LogP contribution in [0.1, 0.15) is 45.5 Å². The van der Waals surface area contributed by atoms with Crippen LogP contribution in [-0.4, -0.2) is 33.1 Å². The molecule has 0 amide bonds. The number of ether oxygens (including phenoxy) is 1. The Morgan fingerprint density at radius 3 is 2.83 bits per heavy atom. The maximum Gasteiger partial charge on any atom is 0.303 e. The van der Waals surface area contributed by atoms with Crippen molar-refractivity contribution in [2.45, 2.75) is 45.3 Å². The Kier molecular flexibility index (Phi) is 5.03. The molecule has 0 aliphatic heterocycles. The van der Waals surface area contributed by atoms with Crippen molar-refractivity contribution in [3.63, 3.8) is 0 Å². The minimum absolute atomic E-state index is 0.125. The monoisotopic (exact) mass is 273 g/mol. The molecule has 0 aliphatic rings. The first-order chi connectivity index (χ1) is 8.34. The van der Waals surface area contributed by atoms with Crippen molar-refractivity contribution < 1.29 is 14.6 Å². The van der Waals surface area contributed by atoms with Gasteiger partial charge >= 0.3 is 5.97 Å². The molecule has 0 radical (unpaired) electrons. The summed E-state index contributed by atoms with van der Waals surface area (Å²) < 4.78 is 9.33. The van der Waals surface area contributed by atoms with E-state index >= 15 is 0 Å². The van der Waals surface area contributed by atoms with E-state index in [1.54, 1.807) is 7.11 Å². The Balaban J connectivity index is 2.60. The molecule has 1 aromatic heterocycles. The van der Waals surface area contributed by atoms with Gasteiger partial charge in [0.25, 0.3) is 0 Å². The summed E-state index contributed by atoms with van der Waals surface area (Å²) in [7, 11) is 1.61. The number of aromatic nitrogens is 2. The zero-order valence-electron chi connectivity index (χ0n) is 11.1. The summed E-state index contributed by atoms with van der Waals surface area (Å²) in [6.07, 6.45) is 0.510. The number of methoxy groups -OCH3 is 1. The third-order valence-corrected chi connectivity index (χ3v) is 3.21. The number of carboxylic acids is 1. The van der Waals surface area contributed by atoms with E-state index in [2.05, 4.69) is 14.7 Å². The van der Waals surface area contributed by atoms with Crippen LogP contribution in [-0.2, 0) is 9.53 Å². The van der Waals surface area contributed by atoms with E-state index in [-0.39, 0.29) is 18.1 Å². The zero-order valence-corrected chi connectivity index (χ0v) is 11.9. The smallest absolute Gasteiger partial charge is 0.303 e. The fourth-order valence-electron chi connectivity index (χ4n) is 1.33. The zero-order chi connectivity index (χ0) is 13.8. The highest BCUT2D eigenvalue weighted by atomic mass is 32.1. The normalized spacial score (nSPS) is 13.3. The van der Waals surface area contributed by atoms with Gasteiger partial charge in [0.2, 0.25) is 5.13 Å². The molecule has 0 aromatic carbocycles. The number of anilines is 1. The molecule has 1 heterocycles. The number of carbonyl (C=O) groups is 1. The molecular formula is C11H19N3O3S. The number of aliphatic carboxylic acids is 1. The molecule has 2 N–H and O–H groups in total. The molecule has 1 rings (SSSR count). The van der Waals surface area contributed by atoms with Crippen LogP contribution in [0.3, 0.4) is 0 Å². The number of carboxylic acid groups (broad SMARTS) is 1. The van der Waals surface area contributed by atoms with Crippen molar-refractivity contribution in [1.82, 2.24) is 9.36 Å². The van der Waals surface area contributed by atoms with Gasteiger partial charge in [0, 0.05) is 30.6 Å². The van der Waals surface area contributed by atoms with Crippen LogP contribution in [0.4, 0.5) is 5.13 Å². The van der Waals surface area contributed by atoms with Crippen LogP contribution in [0.2, 0.25) is 0 Å². The fourth-order valence-corrected chi connectivity index (χ4v) is 2.15. The van der Waals surface area contributed by atoms with Crippen LogP contribution >= 0.6 is 11.5 Å². The van der Waals surface area contributed by atoms with E-state index in [1.807, 2.05) is 20.8 Å². The molecule has 18 heavy (non-hydrogen) atoms. The van der Waals surface area contributed by atoms with Crippen molar-refractivity contribution in [1.29, 1.82) is 0 Å². The van der Waals surface area contributed by atoms with E-state index in [4.69, 9.17) is 9.84 Å². The Morgan fingerprint density at radius 1 is 1.61 bits per heavy atom. The second-order valence-corrected chi connectivity index (χ2v) is 5.49. The number of rotatable bonds is 7. The van der Waals surface area contributed by atoms with Gasteiger partial charge in [0.05, 0.1) is 0 Å². The molecule has 6 nitrogen and oxygen atoms in total. The first-order valence-electron chi connectivity index (χ1n) is 5.70. The molecule has 1 aromatic rings. The highest BCUT2D eigenvalue weighted by molar-refractivity contribution is 7.09. The molecule has 0 spiro atoms. The Hall–Kier alpha value is -1.21. The maximum absolute atomic E-state index is 10.6. The molecule has 102 valence electrons. The summed E-state index contributed by atoms with van der Waals surface area (Å²) in [4.78, 5) is 14.9. The van der Waals surface area contributed by atoms with Crippen LogP contribution in [0.25, 0.3) is 0 Å². The number of hydrogen-bond acceptors (Lipinski definition) is 6. The molecule has 0 saturated carbocycles. The molecule has 1 unspecified atom stereocenters. The van der Waals surface area contributed by atoms with Gasteiger partial charge < -0.3 is 15.2 Å². The van der Waals surface area contributed by atoms with Crippen molar-refractivity contribution in [2.75, 3.05) is 12.4 Å². The predicted octanol–water partition coefficient (Wildman–Crippen LogP) is 2.30. The average molecular weight is 273 g/mol. The second kappa shape index (κ2) is 6.10. The van der Waals surface area contributed by atoms with Crippen molar-refractivity contribution in [3.05, 3.63) is 5.82 Å². The van der Waals surface area contributed by atoms with Crippen LogP contribution in [0, 0.1) is 0 Å². The lowest BCUT2D eigenvalue weighted by Crippen LogP contribution is -2.31. The maximum atomic E-state index is 10.6. The van der Waals surface area contributed by atoms with Crippen LogP contribution in [0.15, 0.2) is 0 Å². The SMILES string of the molecule is COC(C)c1nsc(NC(C)(C)CCC(=O)O)n1. The van der Waals surface area contributed by atoms with Gasteiger partial charge in [-0.25, -0.2) is 4.98 Å². The van der Waals surface area contributed by atoms with Crippen molar-refractivity contribution in [2.24, 2.45) is 0 Å². The Labute approximate surface area is 111 Å². The molecule has 0 fully saturated rings. The van der Waals surface area contributed by atoms with E-state index in [1.165, 1.54) is 11.5 Å². The summed E-state index contributed by atoms with van der Waals surface area (Å²) in [6, 6.07) is 0. The molecule has 0 aliphatic carbocycles. The van der Waals surface area contributed by atoms with E-state index in [9.17, 15) is 4.79 Å². The Bertz CT molecular complexity index is 406. The van der Waals surface area contributed by atoms with Crippen LogP contribution in [0.5, 0.6) is 0 Å². The number of nitrogens with one attached hydrogen (secondary N) is 1. The summed E-state index contributed by atoms with van der Waals surface area (Å²) in [5.41, 5.74) is -0.328. The Morgan fingerprint density at radius 2 is 2.28 bits per heavy atom. The minimum Gasteiger partial charge on any atom is -0.481 e. The molecule has 7 heteroatoms. The van der Waals surface area contributed by atoms with Gasteiger partial charge in [0.15, 0.2) is 5.82 Å². The van der Waals surface area contributed by atoms with E-state index in [0.29, 0.717) is 17.4 Å². The van der Waals surface area contributed by atoms with Gasteiger partial charge in [-0.3, -0.25) is 4.79 Å². The summed E-state index contributed by atoms with van der Waals surface area (Å²) in [5, 5.41) is 12.6. The summed E-state index contributed by atoms with van der Waals surface area (Å²) in [5.74, 6) is -0.158. The number of hydrogen-bond donors (Lipinski definition) is 2. The molecule has 0 saturated heterocycles. The highest BCUT2D eigenvalue weighted by Gasteiger charge is 2.21. The molecule has 0 bridgehead atoms. The lowest BCUT2D eigenvalue weighted by molar-refractivity contribution is -0.137. The molecule has 1 atom stereocenters. The first-order valence-corrected chi connectivity index (χ1v) is 6.48. The highest BCUT2D eigenvalue weighted by Crippen LogP contribution is 2.23. The van der Waals surface area contributed by atoms with E-state index < -0.39 is 5.97 Å². The van der Waals surface area contributed by atoms with Crippen LogP contribution < -0.4 is 5.32 Å². The topological polar surface area (TPSA) is 84.3 Å². The van der Waals surface area contributed by atoms with Gasteiger partial charge in [-0.1, -0.05) is 0 Å². The lowest BCUT2D eigenvalue weighted by Gasteiger charge is -2.24. The van der Waals surface area contributed by atoms with Gasteiger partial charge in [-0.2, -0.15) is 4.37 Å². The third kappa shape index (κ3) is 4.58. The molecular weight excluding hydrogens is 254 g/mol. The predicted molar refractivity (Wildman–Crippen MR) is 69.9 cm³/mol.